The number of carbonyl (C=O) groups is 1. The molecule has 0 aliphatic heterocycles. The highest BCUT2D eigenvalue weighted by molar-refractivity contribution is 5.76. The molecule has 0 unspecified atom stereocenters. The van der Waals surface area contributed by atoms with Gasteiger partial charge in [0.2, 0.25) is 0 Å². The van der Waals surface area contributed by atoms with Crippen molar-refractivity contribution < 1.29 is 9.90 Å². The molecule has 0 spiro atoms. The predicted molar refractivity (Wildman–Crippen MR) is 79.2 cm³/mol. The zero-order valence-electron chi connectivity index (χ0n) is 12.1. The maximum atomic E-state index is 11.7. The Hall–Kier alpha value is -2.11. The second kappa shape index (κ2) is 5.35. The molecule has 0 atom stereocenters. The van der Waals surface area contributed by atoms with Crippen LogP contribution in [0, 0.1) is 11.3 Å². The third-order valence-electron chi connectivity index (χ3n) is 4.60. The van der Waals surface area contributed by atoms with E-state index in [1.165, 1.54) is 0 Å². The van der Waals surface area contributed by atoms with Gasteiger partial charge in [-0.3, -0.25) is 4.79 Å². The van der Waals surface area contributed by atoms with Crippen LogP contribution in [0.4, 0.5) is 5.82 Å². The van der Waals surface area contributed by atoms with E-state index in [2.05, 4.69) is 22.3 Å². The Bertz CT molecular complexity index is 644. The second-order valence-corrected chi connectivity index (χ2v) is 6.06. The highest BCUT2D eigenvalue weighted by Gasteiger charge is 2.41. The summed E-state index contributed by atoms with van der Waals surface area (Å²) in [5.74, 6) is 0.602. The second-order valence-electron chi connectivity index (χ2n) is 6.06. The van der Waals surface area contributed by atoms with Gasteiger partial charge in [-0.2, -0.15) is 5.10 Å². The van der Waals surface area contributed by atoms with Crippen molar-refractivity contribution in [3.63, 3.8) is 0 Å². The Balaban J connectivity index is 1.78. The van der Waals surface area contributed by atoms with Crippen molar-refractivity contribution in [2.75, 3.05) is 11.9 Å². The average molecular weight is 288 g/mol. The lowest BCUT2D eigenvalue weighted by Gasteiger charge is -2.36. The van der Waals surface area contributed by atoms with E-state index in [4.69, 9.17) is 0 Å². The van der Waals surface area contributed by atoms with Crippen molar-refractivity contribution in [2.24, 2.45) is 11.3 Å². The average Bonchev–Trinajstić information content (AvgIpc) is 2.96. The van der Waals surface area contributed by atoms with Gasteiger partial charge < -0.3 is 10.4 Å². The summed E-state index contributed by atoms with van der Waals surface area (Å²) in [6, 6.07) is 1.87. The highest BCUT2D eigenvalue weighted by atomic mass is 16.4. The Morgan fingerprint density at radius 1 is 1.48 bits per heavy atom. The molecule has 3 rings (SSSR count). The fourth-order valence-electron chi connectivity index (χ4n) is 3.03. The minimum atomic E-state index is -0.706. The summed E-state index contributed by atoms with van der Waals surface area (Å²) in [6.07, 6.45) is 8.53. The van der Waals surface area contributed by atoms with E-state index in [9.17, 15) is 9.90 Å². The van der Waals surface area contributed by atoms with E-state index in [1.807, 2.05) is 6.07 Å². The molecule has 0 saturated heterocycles. The van der Waals surface area contributed by atoms with Gasteiger partial charge in [-0.15, -0.1) is 0 Å². The SMILES string of the molecule is CC1CCC(CNc2nccn3nccc23)(C(=O)O)CC1. The van der Waals surface area contributed by atoms with Gasteiger partial charge in [0.05, 0.1) is 11.6 Å². The summed E-state index contributed by atoms with van der Waals surface area (Å²) in [4.78, 5) is 16.0. The van der Waals surface area contributed by atoms with E-state index in [0.717, 1.165) is 31.2 Å². The van der Waals surface area contributed by atoms with Crippen LogP contribution in [-0.4, -0.2) is 32.2 Å². The fourth-order valence-corrected chi connectivity index (χ4v) is 3.03. The Labute approximate surface area is 123 Å². The van der Waals surface area contributed by atoms with E-state index in [0.29, 0.717) is 18.3 Å². The molecule has 2 heterocycles. The standard InChI is InChI=1S/C15H20N4O2/c1-11-2-5-15(6-3-11,14(20)21)10-17-13-12-4-7-18-19(12)9-8-16-13/h4,7-9,11H,2-3,5-6,10H2,1H3,(H,16,17)(H,20,21). The van der Waals surface area contributed by atoms with Crippen LogP contribution in [0.2, 0.25) is 0 Å². The van der Waals surface area contributed by atoms with Crippen molar-refractivity contribution >= 4 is 17.3 Å². The van der Waals surface area contributed by atoms with Crippen LogP contribution in [0.3, 0.4) is 0 Å². The molecule has 1 fully saturated rings. The number of hydrogen-bond donors (Lipinski definition) is 2. The van der Waals surface area contributed by atoms with Gasteiger partial charge in [-0.05, 0) is 37.7 Å². The van der Waals surface area contributed by atoms with Gasteiger partial charge >= 0.3 is 5.97 Å². The predicted octanol–water partition coefficient (Wildman–Crippen LogP) is 2.42. The normalized spacial score (nSPS) is 25.9. The number of carboxylic acids is 1. The summed E-state index contributed by atoms with van der Waals surface area (Å²) < 4.78 is 1.73. The first kappa shape index (κ1) is 13.9. The number of fused-ring (bicyclic) bond motifs is 1. The molecule has 1 aliphatic rings. The summed E-state index contributed by atoms with van der Waals surface area (Å²) >= 11 is 0. The number of hydrogen-bond acceptors (Lipinski definition) is 4. The van der Waals surface area contributed by atoms with E-state index in [1.54, 1.807) is 23.1 Å². The number of nitrogens with one attached hydrogen (secondary N) is 1. The number of aliphatic carboxylic acids is 1. The Morgan fingerprint density at radius 3 is 2.95 bits per heavy atom. The molecule has 2 N–H and O–H groups in total. The number of aromatic nitrogens is 3. The minimum absolute atomic E-state index is 0.410. The molecule has 6 nitrogen and oxygen atoms in total. The fraction of sp³-hybridized carbons (Fsp3) is 0.533. The van der Waals surface area contributed by atoms with Crippen LogP contribution in [0.15, 0.2) is 24.7 Å². The smallest absolute Gasteiger partial charge is 0.311 e. The molecule has 112 valence electrons. The van der Waals surface area contributed by atoms with Crippen LogP contribution in [0.5, 0.6) is 0 Å². The van der Waals surface area contributed by atoms with Crippen molar-refractivity contribution in [2.45, 2.75) is 32.6 Å². The molecule has 2 aromatic heterocycles. The zero-order chi connectivity index (χ0) is 14.9. The van der Waals surface area contributed by atoms with Gasteiger partial charge in [-0.25, -0.2) is 9.50 Å². The molecule has 2 aromatic rings. The number of anilines is 1. The molecule has 0 bridgehead atoms. The first-order valence-corrected chi connectivity index (χ1v) is 7.36. The maximum absolute atomic E-state index is 11.7. The minimum Gasteiger partial charge on any atom is -0.481 e. The Morgan fingerprint density at radius 2 is 2.24 bits per heavy atom. The monoisotopic (exact) mass is 288 g/mol. The van der Waals surface area contributed by atoms with Gasteiger partial charge in [0.25, 0.3) is 0 Å². The molecular weight excluding hydrogens is 268 g/mol. The summed E-state index contributed by atoms with van der Waals surface area (Å²) in [5.41, 5.74) is 0.184. The van der Waals surface area contributed by atoms with Crippen molar-refractivity contribution in [3.8, 4) is 0 Å². The van der Waals surface area contributed by atoms with Crippen LogP contribution in [0.1, 0.15) is 32.6 Å². The van der Waals surface area contributed by atoms with Crippen LogP contribution in [0.25, 0.3) is 5.52 Å². The van der Waals surface area contributed by atoms with E-state index in [-0.39, 0.29) is 0 Å². The largest absolute Gasteiger partial charge is 0.481 e. The highest BCUT2D eigenvalue weighted by Crippen LogP contribution is 2.39. The van der Waals surface area contributed by atoms with Crippen LogP contribution >= 0.6 is 0 Å². The molecule has 0 aromatic carbocycles. The topological polar surface area (TPSA) is 79.5 Å². The summed E-state index contributed by atoms with van der Waals surface area (Å²) in [6.45, 7) is 2.60. The number of rotatable bonds is 4. The molecule has 1 aliphatic carbocycles. The lowest BCUT2D eigenvalue weighted by molar-refractivity contribution is -0.150. The van der Waals surface area contributed by atoms with Crippen LogP contribution in [-0.2, 0) is 4.79 Å². The lowest BCUT2D eigenvalue weighted by Crippen LogP contribution is -2.41. The summed E-state index contributed by atoms with van der Waals surface area (Å²) in [7, 11) is 0. The van der Waals surface area contributed by atoms with Crippen molar-refractivity contribution in [1.29, 1.82) is 0 Å². The van der Waals surface area contributed by atoms with Gasteiger partial charge in [0, 0.05) is 18.9 Å². The van der Waals surface area contributed by atoms with Crippen LogP contribution < -0.4 is 5.32 Å². The quantitative estimate of drug-likeness (QED) is 0.903. The molecular formula is C15H20N4O2. The third kappa shape index (κ3) is 2.57. The molecule has 1 saturated carbocycles. The molecule has 0 amide bonds. The van der Waals surface area contributed by atoms with E-state index >= 15 is 0 Å². The van der Waals surface area contributed by atoms with Gasteiger partial charge in [0.15, 0.2) is 5.82 Å². The number of carboxylic acid groups (broad SMARTS) is 1. The molecule has 6 heteroatoms. The van der Waals surface area contributed by atoms with E-state index < -0.39 is 11.4 Å². The first-order chi connectivity index (χ1) is 10.1. The third-order valence-corrected chi connectivity index (χ3v) is 4.60. The molecule has 21 heavy (non-hydrogen) atoms. The van der Waals surface area contributed by atoms with Crippen molar-refractivity contribution in [1.82, 2.24) is 14.6 Å². The molecule has 0 radical (unpaired) electrons. The summed E-state index contributed by atoms with van der Waals surface area (Å²) in [5, 5.41) is 17.0. The zero-order valence-corrected chi connectivity index (χ0v) is 12.1. The Kier molecular flexibility index (Phi) is 3.53. The first-order valence-electron chi connectivity index (χ1n) is 7.36. The number of nitrogens with zero attached hydrogens (tertiary/aromatic N) is 3. The maximum Gasteiger partial charge on any atom is 0.311 e. The van der Waals surface area contributed by atoms with Gasteiger partial charge in [-0.1, -0.05) is 6.92 Å². The van der Waals surface area contributed by atoms with Crippen molar-refractivity contribution in [3.05, 3.63) is 24.7 Å². The lowest BCUT2D eigenvalue weighted by atomic mass is 9.71. The van der Waals surface area contributed by atoms with Gasteiger partial charge in [0.1, 0.15) is 5.52 Å².